The van der Waals surface area contributed by atoms with Gasteiger partial charge in [-0.3, -0.25) is 0 Å². The van der Waals surface area contributed by atoms with Crippen molar-refractivity contribution < 1.29 is 9.47 Å². The Bertz CT molecular complexity index is 427. The lowest BCUT2D eigenvalue weighted by Gasteiger charge is -2.35. The van der Waals surface area contributed by atoms with Crippen molar-refractivity contribution in [1.82, 2.24) is 5.32 Å². The molecule has 1 aliphatic carbocycles. The van der Waals surface area contributed by atoms with Crippen LogP contribution in [-0.4, -0.2) is 31.9 Å². The highest BCUT2D eigenvalue weighted by molar-refractivity contribution is 5.39. The number of hydrogen-bond donors (Lipinski definition) is 1. The van der Waals surface area contributed by atoms with E-state index in [0.717, 1.165) is 38.3 Å². The number of fused-ring (bicyclic) bond motifs is 1. The highest BCUT2D eigenvalue weighted by Gasteiger charge is 2.28. The van der Waals surface area contributed by atoms with Gasteiger partial charge in [0.1, 0.15) is 5.75 Å². The van der Waals surface area contributed by atoms with E-state index in [0.29, 0.717) is 12.1 Å². The Morgan fingerprint density at radius 2 is 2.26 bits per heavy atom. The van der Waals surface area contributed by atoms with Crippen LogP contribution in [0.2, 0.25) is 0 Å². The second kappa shape index (κ2) is 5.93. The van der Waals surface area contributed by atoms with E-state index >= 15 is 0 Å². The number of nitrogens with one attached hydrogen (secondary N) is 1. The van der Waals surface area contributed by atoms with Crippen molar-refractivity contribution in [3.05, 3.63) is 29.3 Å². The lowest BCUT2D eigenvalue weighted by molar-refractivity contribution is -0.00960. The summed E-state index contributed by atoms with van der Waals surface area (Å²) in [6, 6.07) is 7.27. The molecular weight excluding hydrogens is 238 g/mol. The van der Waals surface area contributed by atoms with Gasteiger partial charge in [0.25, 0.3) is 0 Å². The number of rotatable bonds is 6. The van der Waals surface area contributed by atoms with Gasteiger partial charge < -0.3 is 14.8 Å². The minimum Gasteiger partial charge on any atom is -0.493 e. The van der Waals surface area contributed by atoms with E-state index < -0.39 is 0 Å². The minimum atomic E-state index is 0.500. The summed E-state index contributed by atoms with van der Waals surface area (Å²) in [6.45, 7) is 4.81. The Hall–Kier alpha value is -1.06. The van der Waals surface area contributed by atoms with Crippen molar-refractivity contribution >= 4 is 0 Å². The van der Waals surface area contributed by atoms with Gasteiger partial charge in [0, 0.05) is 19.1 Å². The molecule has 3 heteroatoms. The van der Waals surface area contributed by atoms with E-state index in [-0.39, 0.29) is 0 Å². The average Bonchev–Trinajstić information content (AvgIpc) is 2.83. The third-order valence-electron chi connectivity index (χ3n) is 4.10. The van der Waals surface area contributed by atoms with Gasteiger partial charge >= 0.3 is 0 Å². The van der Waals surface area contributed by atoms with Crippen LogP contribution in [0.25, 0.3) is 0 Å². The molecule has 3 rings (SSSR count). The third kappa shape index (κ3) is 3.10. The maximum atomic E-state index is 5.57. The number of benzene rings is 1. The summed E-state index contributed by atoms with van der Waals surface area (Å²) in [5, 5.41) is 3.61. The standard InChI is InChI=1S/C16H23NO2/c1-2-18-15-10-14(11-15)17-7-5-12-3-4-16-13(9-12)6-8-19-16/h3-4,9,14-15,17H,2,5-8,10-11H2,1H3. The van der Waals surface area contributed by atoms with Crippen LogP contribution in [0.15, 0.2) is 18.2 Å². The van der Waals surface area contributed by atoms with Crippen LogP contribution in [0.3, 0.4) is 0 Å². The molecule has 0 amide bonds. The Morgan fingerprint density at radius 3 is 3.11 bits per heavy atom. The quantitative estimate of drug-likeness (QED) is 0.852. The van der Waals surface area contributed by atoms with Crippen molar-refractivity contribution in [3.63, 3.8) is 0 Å². The molecular formula is C16H23NO2. The fourth-order valence-corrected chi connectivity index (χ4v) is 2.92. The number of hydrogen-bond acceptors (Lipinski definition) is 3. The van der Waals surface area contributed by atoms with Crippen molar-refractivity contribution in [2.75, 3.05) is 19.8 Å². The fraction of sp³-hybridized carbons (Fsp3) is 0.625. The van der Waals surface area contributed by atoms with Crippen molar-refractivity contribution in [3.8, 4) is 5.75 Å². The molecule has 19 heavy (non-hydrogen) atoms. The Labute approximate surface area is 115 Å². The molecule has 104 valence electrons. The monoisotopic (exact) mass is 261 g/mol. The smallest absolute Gasteiger partial charge is 0.122 e. The second-order valence-corrected chi connectivity index (χ2v) is 5.49. The van der Waals surface area contributed by atoms with E-state index in [1.165, 1.54) is 24.0 Å². The summed E-state index contributed by atoms with van der Waals surface area (Å²) in [5.41, 5.74) is 2.79. The molecule has 1 aromatic carbocycles. The van der Waals surface area contributed by atoms with Crippen LogP contribution in [0, 0.1) is 0 Å². The molecule has 0 atom stereocenters. The van der Waals surface area contributed by atoms with Crippen molar-refractivity contribution in [2.24, 2.45) is 0 Å². The maximum Gasteiger partial charge on any atom is 0.122 e. The summed E-state index contributed by atoms with van der Waals surface area (Å²) >= 11 is 0. The molecule has 0 saturated heterocycles. The predicted octanol–water partition coefficient (Wildman–Crippen LogP) is 2.32. The van der Waals surface area contributed by atoms with Crippen LogP contribution in [-0.2, 0) is 17.6 Å². The largest absolute Gasteiger partial charge is 0.493 e. The molecule has 1 N–H and O–H groups in total. The predicted molar refractivity (Wildman–Crippen MR) is 75.8 cm³/mol. The van der Waals surface area contributed by atoms with Crippen molar-refractivity contribution in [2.45, 2.75) is 44.8 Å². The Kier molecular flexibility index (Phi) is 4.04. The highest BCUT2D eigenvalue weighted by atomic mass is 16.5. The average molecular weight is 261 g/mol. The summed E-state index contributed by atoms with van der Waals surface area (Å²) in [5.74, 6) is 1.08. The van der Waals surface area contributed by atoms with Gasteiger partial charge in [0.2, 0.25) is 0 Å². The third-order valence-corrected chi connectivity index (χ3v) is 4.10. The SMILES string of the molecule is CCOC1CC(NCCc2ccc3c(c2)CCO3)C1. The molecule has 1 aromatic rings. The first kappa shape index (κ1) is 12.9. The first-order valence-electron chi connectivity index (χ1n) is 7.44. The highest BCUT2D eigenvalue weighted by Crippen LogP contribution is 2.26. The summed E-state index contributed by atoms with van der Waals surface area (Å²) < 4.78 is 11.1. The second-order valence-electron chi connectivity index (χ2n) is 5.49. The molecule has 0 bridgehead atoms. The van der Waals surface area contributed by atoms with Gasteiger partial charge in [-0.25, -0.2) is 0 Å². The van der Waals surface area contributed by atoms with E-state index in [4.69, 9.17) is 9.47 Å². The molecule has 0 aromatic heterocycles. The molecule has 1 heterocycles. The zero-order chi connectivity index (χ0) is 13.1. The molecule has 1 saturated carbocycles. The van der Waals surface area contributed by atoms with E-state index in [1.807, 2.05) is 0 Å². The van der Waals surface area contributed by atoms with Gasteiger partial charge in [0.15, 0.2) is 0 Å². The first-order valence-corrected chi connectivity index (χ1v) is 7.44. The molecule has 0 spiro atoms. The lowest BCUT2D eigenvalue weighted by Crippen LogP contribution is -2.46. The van der Waals surface area contributed by atoms with Gasteiger partial charge in [0.05, 0.1) is 12.7 Å². The fourth-order valence-electron chi connectivity index (χ4n) is 2.92. The van der Waals surface area contributed by atoms with E-state index in [9.17, 15) is 0 Å². The lowest BCUT2D eigenvalue weighted by atomic mass is 9.89. The summed E-state index contributed by atoms with van der Waals surface area (Å²) in [4.78, 5) is 0. The van der Waals surface area contributed by atoms with Crippen LogP contribution in [0.1, 0.15) is 30.9 Å². The Morgan fingerprint density at radius 1 is 1.37 bits per heavy atom. The van der Waals surface area contributed by atoms with Crippen LogP contribution >= 0.6 is 0 Å². The van der Waals surface area contributed by atoms with Gasteiger partial charge in [-0.15, -0.1) is 0 Å². The van der Waals surface area contributed by atoms with E-state index in [1.54, 1.807) is 0 Å². The molecule has 1 aliphatic heterocycles. The molecule has 2 aliphatic rings. The van der Waals surface area contributed by atoms with E-state index in [2.05, 4.69) is 30.4 Å². The van der Waals surface area contributed by atoms with Crippen LogP contribution in [0.4, 0.5) is 0 Å². The zero-order valence-corrected chi connectivity index (χ0v) is 11.7. The van der Waals surface area contributed by atoms with Gasteiger partial charge in [-0.1, -0.05) is 12.1 Å². The van der Waals surface area contributed by atoms with Crippen molar-refractivity contribution in [1.29, 1.82) is 0 Å². The first-order chi connectivity index (χ1) is 9.35. The zero-order valence-electron chi connectivity index (χ0n) is 11.7. The topological polar surface area (TPSA) is 30.5 Å². The molecule has 3 nitrogen and oxygen atoms in total. The Balaban J connectivity index is 1.39. The van der Waals surface area contributed by atoms with Gasteiger partial charge in [-0.2, -0.15) is 0 Å². The normalized spacial score (nSPS) is 24.7. The molecule has 0 unspecified atom stereocenters. The van der Waals surface area contributed by atoms with Gasteiger partial charge in [-0.05, 0) is 49.9 Å². The molecule has 1 fully saturated rings. The number of ether oxygens (including phenoxy) is 2. The minimum absolute atomic E-state index is 0.500. The summed E-state index contributed by atoms with van der Waals surface area (Å²) in [7, 11) is 0. The van der Waals surface area contributed by atoms with Crippen LogP contribution in [0.5, 0.6) is 5.75 Å². The molecule has 0 radical (unpaired) electrons. The summed E-state index contributed by atoms with van der Waals surface area (Å²) in [6.07, 6.45) is 5.01. The van der Waals surface area contributed by atoms with Crippen LogP contribution < -0.4 is 10.1 Å². The maximum absolute atomic E-state index is 5.57.